The van der Waals surface area contributed by atoms with Crippen LogP contribution >= 0.6 is 15.9 Å². The van der Waals surface area contributed by atoms with E-state index in [0.717, 1.165) is 22.8 Å². The van der Waals surface area contributed by atoms with Gasteiger partial charge < -0.3 is 14.2 Å². The fraction of sp³-hybridized carbons (Fsp3) is 0.296. The van der Waals surface area contributed by atoms with Crippen LogP contribution in [0.1, 0.15) is 36.5 Å². The van der Waals surface area contributed by atoms with Crippen LogP contribution in [0.25, 0.3) is 0 Å². The van der Waals surface area contributed by atoms with Crippen molar-refractivity contribution in [3.63, 3.8) is 0 Å². The van der Waals surface area contributed by atoms with Crippen LogP contribution in [-0.2, 0) is 16.0 Å². The van der Waals surface area contributed by atoms with E-state index in [-0.39, 0.29) is 18.1 Å². The highest BCUT2D eigenvalue weighted by atomic mass is 79.9. The molecular weight excluding hydrogens is 525 g/mol. The summed E-state index contributed by atoms with van der Waals surface area (Å²) in [4.78, 5) is 11.6. The van der Waals surface area contributed by atoms with Crippen LogP contribution in [-0.4, -0.2) is 18.8 Å². The smallest absolute Gasteiger partial charge is 0.412 e. The van der Waals surface area contributed by atoms with Crippen LogP contribution in [0.5, 0.6) is 17.2 Å². The van der Waals surface area contributed by atoms with Gasteiger partial charge in [-0.1, -0.05) is 18.2 Å². The van der Waals surface area contributed by atoms with Crippen molar-refractivity contribution in [3.05, 3.63) is 87.1 Å². The molecule has 0 saturated heterocycles. The van der Waals surface area contributed by atoms with Crippen molar-refractivity contribution in [2.24, 2.45) is 0 Å². The molecule has 4 nitrogen and oxygen atoms in total. The molecule has 0 amide bonds. The number of hydrogen-bond acceptors (Lipinski definition) is 4. The topological polar surface area (TPSA) is 44.8 Å². The molecule has 0 spiro atoms. The molecule has 35 heavy (non-hydrogen) atoms. The molecular formula is C27H26BrF3O4. The van der Waals surface area contributed by atoms with Crippen LogP contribution in [0, 0.1) is 13.8 Å². The number of carbonyl (C=O) groups is 1. The minimum Gasteiger partial charge on any atom is -0.466 e. The Kier molecular flexibility index (Phi) is 8.83. The zero-order valence-electron chi connectivity index (χ0n) is 19.7. The quantitative estimate of drug-likeness (QED) is 0.312. The SMILES string of the molecule is CCOC(=O)CCc1ccc(Oc2cc(C)cc(OC3=CC=C(C(F)(F)F)CC=C3Br)c2)cc1C. The summed E-state index contributed by atoms with van der Waals surface area (Å²) in [7, 11) is 0. The van der Waals surface area contributed by atoms with Crippen molar-refractivity contribution in [2.75, 3.05) is 6.61 Å². The highest BCUT2D eigenvalue weighted by molar-refractivity contribution is 9.11. The molecule has 1 aliphatic carbocycles. The Morgan fingerprint density at radius 2 is 1.71 bits per heavy atom. The van der Waals surface area contributed by atoms with Gasteiger partial charge in [0.1, 0.15) is 23.0 Å². The van der Waals surface area contributed by atoms with E-state index in [2.05, 4.69) is 15.9 Å². The molecule has 0 fully saturated rings. The molecule has 0 unspecified atom stereocenters. The van der Waals surface area contributed by atoms with E-state index in [1.807, 2.05) is 38.1 Å². The summed E-state index contributed by atoms with van der Waals surface area (Å²) in [5.41, 5.74) is 2.23. The third kappa shape index (κ3) is 7.75. The van der Waals surface area contributed by atoms with Crippen molar-refractivity contribution in [1.82, 2.24) is 0 Å². The minimum atomic E-state index is -4.40. The lowest BCUT2D eigenvalue weighted by Gasteiger charge is -2.13. The van der Waals surface area contributed by atoms with E-state index in [1.54, 1.807) is 19.1 Å². The van der Waals surface area contributed by atoms with Gasteiger partial charge in [0.05, 0.1) is 11.1 Å². The fourth-order valence-electron chi connectivity index (χ4n) is 3.49. The van der Waals surface area contributed by atoms with Crippen molar-refractivity contribution in [3.8, 4) is 17.2 Å². The lowest BCUT2D eigenvalue weighted by Crippen LogP contribution is -2.10. The molecule has 0 aromatic heterocycles. The Morgan fingerprint density at radius 1 is 1.00 bits per heavy atom. The number of alkyl halides is 3. The number of hydrogen-bond donors (Lipinski definition) is 0. The first-order valence-corrected chi connectivity index (χ1v) is 11.9. The summed E-state index contributed by atoms with van der Waals surface area (Å²) in [5.74, 6) is 1.62. The molecule has 3 rings (SSSR count). The second-order valence-electron chi connectivity index (χ2n) is 8.06. The molecule has 2 aromatic carbocycles. The third-order valence-electron chi connectivity index (χ3n) is 5.24. The fourth-order valence-corrected chi connectivity index (χ4v) is 3.87. The Hall–Kier alpha value is -3.00. The summed E-state index contributed by atoms with van der Waals surface area (Å²) in [6, 6.07) is 10.9. The van der Waals surface area contributed by atoms with Gasteiger partial charge in [-0.25, -0.2) is 0 Å². The van der Waals surface area contributed by atoms with Gasteiger partial charge in [0.25, 0.3) is 0 Å². The summed E-state index contributed by atoms with van der Waals surface area (Å²) in [6.07, 6.45) is 0.00848. The van der Waals surface area contributed by atoms with Crippen LogP contribution in [0.3, 0.4) is 0 Å². The average Bonchev–Trinajstić information content (AvgIpc) is 2.94. The third-order valence-corrected chi connectivity index (χ3v) is 5.96. The second-order valence-corrected chi connectivity index (χ2v) is 8.91. The van der Waals surface area contributed by atoms with Gasteiger partial charge in [-0.05, 0) is 96.6 Å². The first-order valence-electron chi connectivity index (χ1n) is 11.1. The van der Waals surface area contributed by atoms with Gasteiger partial charge in [0.15, 0.2) is 0 Å². The van der Waals surface area contributed by atoms with Crippen LogP contribution in [0.4, 0.5) is 13.2 Å². The van der Waals surface area contributed by atoms with Gasteiger partial charge in [0.2, 0.25) is 0 Å². The van der Waals surface area contributed by atoms with Crippen molar-refractivity contribution in [1.29, 1.82) is 0 Å². The Balaban J connectivity index is 1.74. The number of halogens is 4. The number of ether oxygens (including phenoxy) is 3. The van der Waals surface area contributed by atoms with E-state index in [4.69, 9.17) is 14.2 Å². The summed E-state index contributed by atoms with van der Waals surface area (Å²) in [5, 5.41) is 0. The molecule has 0 N–H and O–H groups in total. The van der Waals surface area contributed by atoms with Gasteiger partial charge in [-0.15, -0.1) is 0 Å². The predicted octanol–water partition coefficient (Wildman–Crippen LogP) is 8.03. The van der Waals surface area contributed by atoms with E-state index < -0.39 is 11.7 Å². The molecule has 186 valence electrons. The molecule has 0 heterocycles. The predicted molar refractivity (Wildman–Crippen MR) is 132 cm³/mol. The number of esters is 1. The first kappa shape index (κ1) is 26.6. The maximum Gasteiger partial charge on any atom is 0.412 e. The van der Waals surface area contributed by atoms with Gasteiger partial charge in [-0.2, -0.15) is 13.2 Å². The Labute approximate surface area is 211 Å². The van der Waals surface area contributed by atoms with E-state index in [9.17, 15) is 18.0 Å². The highest BCUT2D eigenvalue weighted by Gasteiger charge is 2.33. The lowest BCUT2D eigenvalue weighted by atomic mass is 10.0. The minimum absolute atomic E-state index is 0.227. The molecule has 0 atom stereocenters. The van der Waals surface area contributed by atoms with E-state index in [1.165, 1.54) is 12.2 Å². The Morgan fingerprint density at radius 3 is 2.37 bits per heavy atom. The van der Waals surface area contributed by atoms with E-state index >= 15 is 0 Å². The first-order chi connectivity index (χ1) is 16.5. The molecule has 8 heteroatoms. The number of aryl methyl sites for hydroxylation is 3. The maximum atomic E-state index is 13.1. The van der Waals surface area contributed by atoms with Crippen LogP contribution in [0.15, 0.2) is 70.4 Å². The molecule has 0 aliphatic heterocycles. The highest BCUT2D eigenvalue weighted by Crippen LogP contribution is 2.35. The summed E-state index contributed by atoms with van der Waals surface area (Å²) < 4.78 is 56.5. The molecule has 2 aromatic rings. The van der Waals surface area contributed by atoms with Crippen molar-refractivity contribution >= 4 is 21.9 Å². The number of allylic oxidation sites excluding steroid dienone is 5. The molecule has 0 bridgehead atoms. The van der Waals surface area contributed by atoms with Gasteiger partial charge >= 0.3 is 12.1 Å². The van der Waals surface area contributed by atoms with Crippen LogP contribution in [0.2, 0.25) is 0 Å². The monoisotopic (exact) mass is 550 g/mol. The summed E-state index contributed by atoms with van der Waals surface area (Å²) >= 11 is 3.30. The van der Waals surface area contributed by atoms with Gasteiger partial charge in [-0.3, -0.25) is 4.79 Å². The van der Waals surface area contributed by atoms with Crippen molar-refractivity contribution < 1.29 is 32.2 Å². The largest absolute Gasteiger partial charge is 0.466 e. The number of carbonyl (C=O) groups excluding carboxylic acids is 1. The van der Waals surface area contributed by atoms with E-state index in [0.29, 0.717) is 41.2 Å². The van der Waals surface area contributed by atoms with Crippen molar-refractivity contribution in [2.45, 2.75) is 46.2 Å². The molecule has 0 radical (unpaired) electrons. The standard InChI is InChI=1S/C27H26BrF3O4/c1-4-33-26(32)12-6-19-5-9-21(15-18(19)3)34-22-13-17(2)14-23(16-22)35-25-11-8-20(27(29,30)31)7-10-24(25)28/h5,8-11,13-16H,4,6-7,12H2,1-3H3. The maximum absolute atomic E-state index is 13.1. The zero-order valence-corrected chi connectivity index (χ0v) is 21.3. The van der Waals surface area contributed by atoms with Gasteiger partial charge in [0, 0.05) is 18.1 Å². The lowest BCUT2D eigenvalue weighted by molar-refractivity contribution is -0.143. The van der Waals surface area contributed by atoms with Crippen LogP contribution < -0.4 is 9.47 Å². The second kappa shape index (κ2) is 11.6. The summed E-state index contributed by atoms with van der Waals surface area (Å²) in [6.45, 7) is 5.96. The number of rotatable bonds is 8. The Bertz CT molecular complexity index is 1180. The normalized spacial score (nSPS) is 13.9. The number of benzene rings is 2. The molecule has 1 aliphatic rings. The zero-order chi connectivity index (χ0) is 25.6. The molecule has 0 saturated carbocycles. The average molecular weight is 551 g/mol.